The summed E-state index contributed by atoms with van der Waals surface area (Å²) in [5.74, 6) is -1.89. The topological polar surface area (TPSA) is 60.4 Å². The standard InChI is InChI=1S/C12H14Cl2O4S/c1-8(12(15)18-2)6-19(16,17)7-9-10(13)4-3-5-11(9)14/h3-5,8H,6-7H2,1-2H3. The average Bonchev–Trinajstić information content (AvgIpc) is 2.32. The highest BCUT2D eigenvalue weighted by Crippen LogP contribution is 2.26. The van der Waals surface area contributed by atoms with Crippen molar-refractivity contribution >= 4 is 39.0 Å². The van der Waals surface area contributed by atoms with Gasteiger partial charge in [0, 0.05) is 15.6 Å². The molecule has 1 aromatic carbocycles. The Morgan fingerprint density at radius 2 is 1.84 bits per heavy atom. The predicted molar refractivity (Wildman–Crippen MR) is 75.1 cm³/mol. The molecule has 0 spiro atoms. The van der Waals surface area contributed by atoms with E-state index in [1.54, 1.807) is 18.2 Å². The molecule has 0 radical (unpaired) electrons. The van der Waals surface area contributed by atoms with Crippen LogP contribution >= 0.6 is 23.2 Å². The highest BCUT2D eigenvalue weighted by atomic mass is 35.5. The van der Waals surface area contributed by atoms with Gasteiger partial charge in [0.15, 0.2) is 9.84 Å². The lowest BCUT2D eigenvalue weighted by Crippen LogP contribution is -2.23. The molecule has 0 aliphatic rings. The van der Waals surface area contributed by atoms with Gasteiger partial charge < -0.3 is 4.74 Å². The van der Waals surface area contributed by atoms with E-state index in [1.807, 2.05) is 0 Å². The summed E-state index contributed by atoms with van der Waals surface area (Å²) in [7, 11) is -2.29. The molecule has 0 heterocycles. The number of benzene rings is 1. The molecule has 0 aromatic heterocycles. The number of sulfone groups is 1. The van der Waals surface area contributed by atoms with Gasteiger partial charge in [0.1, 0.15) is 0 Å². The van der Waals surface area contributed by atoms with Crippen LogP contribution in [0.4, 0.5) is 0 Å². The maximum atomic E-state index is 12.0. The van der Waals surface area contributed by atoms with Gasteiger partial charge in [-0.05, 0) is 12.1 Å². The third-order valence-electron chi connectivity index (χ3n) is 2.53. The van der Waals surface area contributed by atoms with Crippen LogP contribution < -0.4 is 0 Å². The van der Waals surface area contributed by atoms with Gasteiger partial charge in [0.2, 0.25) is 0 Å². The molecule has 0 bridgehead atoms. The van der Waals surface area contributed by atoms with Gasteiger partial charge in [-0.15, -0.1) is 0 Å². The van der Waals surface area contributed by atoms with E-state index in [1.165, 1.54) is 14.0 Å². The minimum atomic E-state index is -3.50. The Morgan fingerprint density at radius 1 is 1.32 bits per heavy atom. The van der Waals surface area contributed by atoms with Crippen molar-refractivity contribution in [1.29, 1.82) is 0 Å². The zero-order valence-corrected chi connectivity index (χ0v) is 12.8. The predicted octanol–water partition coefficient (Wildman–Crippen LogP) is 2.72. The van der Waals surface area contributed by atoms with Crippen molar-refractivity contribution in [2.75, 3.05) is 12.9 Å². The SMILES string of the molecule is COC(=O)C(C)CS(=O)(=O)Cc1c(Cl)cccc1Cl. The largest absolute Gasteiger partial charge is 0.469 e. The second kappa shape index (κ2) is 6.59. The summed E-state index contributed by atoms with van der Waals surface area (Å²) in [5.41, 5.74) is 0.350. The Morgan fingerprint density at radius 3 is 2.32 bits per heavy atom. The van der Waals surface area contributed by atoms with Crippen LogP contribution in [0.2, 0.25) is 10.0 Å². The van der Waals surface area contributed by atoms with Gasteiger partial charge in [-0.1, -0.05) is 36.2 Å². The van der Waals surface area contributed by atoms with Crippen LogP contribution in [-0.2, 0) is 25.1 Å². The van der Waals surface area contributed by atoms with E-state index in [2.05, 4.69) is 4.74 Å². The lowest BCUT2D eigenvalue weighted by Gasteiger charge is -2.11. The molecule has 0 saturated heterocycles. The van der Waals surface area contributed by atoms with Crippen molar-refractivity contribution < 1.29 is 17.9 Å². The molecule has 0 amide bonds. The van der Waals surface area contributed by atoms with E-state index >= 15 is 0 Å². The fourth-order valence-electron chi connectivity index (χ4n) is 1.60. The first-order valence-electron chi connectivity index (χ1n) is 5.48. The Bertz CT molecular complexity index is 549. The first kappa shape index (κ1) is 16.3. The van der Waals surface area contributed by atoms with Gasteiger partial charge in [-0.25, -0.2) is 8.42 Å². The van der Waals surface area contributed by atoms with E-state index in [0.717, 1.165) is 0 Å². The van der Waals surface area contributed by atoms with Crippen molar-refractivity contribution in [1.82, 2.24) is 0 Å². The lowest BCUT2D eigenvalue weighted by atomic mass is 10.2. The Kier molecular flexibility index (Phi) is 5.64. The zero-order valence-electron chi connectivity index (χ0n) is 10.5. The Hall–Kier alpha value is -0.780. The monoisotopic (exact) mass is 324 g/mol. The number of carbonyl (C=O) groups is 1. The number of ether oxygens (including phenoxy) is 1. The first-order chi connectivity index (χ1) is 8.76. The second-order valence-corrected chi connectivity index (χ2v) is 7.10. The third kappa shape index (κ3) is 4.67. The highest BCUT2D eigenvalue weighted by Gasteiger charge is 2.24. The van der Waals surface area contributed by atoms with Crippen LogP contribution in [-0.4, -0.2) is 27.2 Å². The minimum absolute atomic E-state index is 0.293. The lowest BCUT2D eigenvalue weighted by molar-refractivity contribution is -0.144. The molecular weight excluding hydrogens is 311 g/mol. The van der Waals surface area contributed by atoms with Crippen LogP contribution in [0, 0.1) is 5.92 Å². The van der Waals surface area contributed by atoms with Crippen LogP contribution in [0.3, 0.4) is 0 Å². The molecule has 4 nitrogen and oxygen atoms in total. The van der Waals surface area contributed by atoms with Crippen LogP contribution in [0.25, 0.3) is 0 Å². The van der Waals surface area contributed by atoms with Crippen LogP contribution in [0.5, 0.6) is 0 Å². The summed E-state index contributed by atoms with van der Waals surface area (Å²) in [5, 5.41) is 0.587. The van der Waals surface area contributed by atoms with Crippen molar-refractivity contribution in [2.24, 2.45) is 5.92 Å². The number of methoxy groups -OCH3 is 1. The summed E-state index contributed by atoms with van der Waals surface area (Å²) < 4.78 is 28.5. The molecule has 0 aliphatic carbocycles. The first-order valence-corrected chi connectivity index (χ1v) is 8.05. The smallest absolute Gasteiger partial charge is 0.309 e. The molecule has 1 unspecified atom stereocenters. The van der Waals surface area contributed by atoms with Crippen LogP contribution in [0.1, 0.15) is 12.5 Å². The molecule has 106 valence electrons. The Balaban J connectivity index is 2.89. The molecule has 0 N–H and O–H groups in total. The molecule has 0 saturated carbocycles. The zero-order chi connectivity index (χ0) is 14.6. The van der Waals surface area contributed by atoms with Crippen molar-refractivity contribution in [3.63, 3.8) is 0 Å². The fourth-order valence-corrected chi connectivity index (χ4v) is 4.06. The summed E-state index contributed by atoms with van der Waals surface area (Å²) >= 11 is 11.8. The van der Waals surface area contributed by atoms with E-state index in [4.69, 9.17) is 23.2 Å². The molecule has 1 rings (SSSR count). The molecule has 7 heteroatoms. The fraction of sp³-hybridized carbons (Fsp3) is 0.417. The summed E-state index contributed by atoms with van der Waals surface area (Å²) in [6.45, 7) is 1.50. The molecule has 0 aliphatic heterocycles. The molecular formula is C12H14Cl2O4S. The van der Waals surface area contributed by atoms with Gasteiger partial charge in [-0.2, -0.15) is 0 Å². The van der Waals surface area contributed by atoms with Crippen LogP contribution in [0.15, 0.2) is 18.2 Å². The second-order valence-electron chi connectivity index (χ2n) is 4.18. The van der Waals surface area contributed by atoms with Crippen molar-refractivity contribution in [3.05, 3.63) is 33.8 Å². The number of hydrogen-bond donors (Lipinski definition) is 0. The highest BCUT2D eigenvalue weighted by molar-refractivity contribution is 7.90. The van der Waals surface area contributed by atoms with E-state index in [9.17, 15) is 13.2 Å². The maximum Gasteiger partial charge on any atom is 0.309 e. The minimum Gasteiger partial charge on any atom is -0.469 e. The van der Waals surface area contributed by atoms with E-state index < -0.39 is 21.7 Å². The van der Waals surface area contributed by atoms with Crippen molar-refractivity contribution in [2.45, 2.75) is 12.7 Å². The Labute approximate surface area is 122 Å². The van der Waals surface area contributed by atoms with Crippen molar-refractivity contribution in [3.8, 4) is 0 Å². The normalized spacial score (nSPS) is 13.1. The summed E-state index contributed by atoms with van der Waals surface area (Å²) in [6.07, 6.45) is 0. The number of rotatable bonds is 5. The quantitative estimate of drug-likeness (QED) is 0.781. The van der Waals surface area contributed by atoms with Gasteiger partial charge in [0.25, 0.3) is 0 Å². The molecule has 19 heavy (non-hydrogen) atoms. The molecule has 1 atom stereocenters. The summed E-state index contributed by atoms with van der Waals surface area (Å²) in [4.78, 5) is 11.2. The number of halogens is 2. The van der Waals surface area contributed by atoms with Gasteiger partial charge in [0.05, 0.1) is 24.5 Å². The average molecular weight is 325 g/mol. The molecule has 0 fully saturated rings. The molecule has 1 aromatic rings. The number of hydrogen-bond acceptors (Lipinski definition) is 4. The van der Waals surface area contributed by atoms with Gasteiger partial charge in [-0.3, -0.25) is 4.79 Å². The third-order valence-corrected chi connectivity index (χ3v) is 4.98. The number of esters is 1. The maximum absolute atomic E-state index is 12.0. The number of carbonyl (C=O) groups excluding carboxylic acids is 1. The summed E-state index contributed by atoms with van der Waals surface area (Å²) in [6, 6.07) is 4.78. The van der Waals surface area contributed by atoms with E-state index in [0.29, 0.717) is 15.6 Å². The van der Waals surface area contributed by atoms with Gasteiger partial charge >= 0.3 is 5.97 Å². The van der Waals surface area contributed by atoms with E-state index in [-0.39, 0.29) is 11.5 Å².